The van der Waals surface area contributed by atoms with Crippen molar-refractivity contribution in [3.05, 3.63) is 47.8 Å². The number of hydrogen-bond donors (Lipinski definition) is 1. The number of benzene rings is 2. The second-order valence-corrected chi connectivity index (χ2v) is 8.23. The SMILES string of the molecule is COc1cc2ncnc(Nc3ccc(F)c(C)c3F)c2cc1N1CC2(CN(C)C2)OC1=O. The fourth-order valence-corrected chi connectivity index (χ4v) is 4.34. The molecular formula is C22H21F2N5O3. The summed E-state index contributed by atoms with van der Waals surface area (Å²) in [5, 5.41) is 3.46. The number of methoxy groups -OCH3 is 1. The number of carbonyl (C=O) groups excluding carboxylic acids is 1. The predicted molar refractivity (Wildman–Crippen MR) is 115 cm³/mol. The van der Waals surface area contributed by atoms with Crippen LogP contribution in [0.1, 0.15) is 5.56 Å². The van der Waals surface area contributed by atoms with Gasteiger partial charge in [0.25, 0.3) is 0 Å². The van der Waals surface area contributed by atoms with Gasteiger partial charge in [0.05, 0.1) is 30.5 Å². The first-order chi connectivity index (χ1) is 15.3. The third-order valence-electron chi connectivity index (χ3n) is 5.89. The first kappa shape index (κ1) is 20.4. The summed E-state index contributed by atoms with van der Waals surface area (Å²) < 4.78 is 39.4. The topological polar surface area (TPSA) is 79.8 Å². The summed E-state index contributed by atoms with van der Waals surface area (Å²) in [6.45, 7) is 3.07. The van der Waals surface area contributed by atoms with Gasteiger partial charge in [0.1, 0.15) is 23.7 Å². The van der Waals surface area contributed by atoms with Crippen LogP contribution >= 0.6 is 0 Å². The van der Waals surface area contributed by atoms with Gasteiger partial charge < -0.3 is 14.8 Å². The van der Waals surface area contributed by atoms with Crippen molar-refractivity contribution in [2.24, 2.45) is 0 Å². The van der Waals surface area contributed by atoms with Crippen molar-refractivity contribution in [1.82, 2.24) is 14.9 Å². The molecule has 1 aromatic heterocycles. The highest BCUT2D eigenvalue weighted by atomic mass is 19.1. The summed E-state index contributed by atoms with van der Waals surface area (Å²) in [6.07, 6.45) is 0.879. The second kappa shape index (κ2) is 7.27. The zero-order chi connectivity index (χ0) is 22.6. The number of rotatable bonds is 4. The molecule has 0 radical (unpaired) electrons. The summed E-state index contributed by atoms with van der Waals surface area (Å²) in [4.78, 5) is 24.8. The van der Waals surface area contributed by atoms with Crippen LogP contribution in [0.2, 0.25) is 0 Å². The summed E-state index contributed by atoms with van der Waals surface area (Å²) in [5.41, 5.74) is 0.497. The Morgan fingerprint density at radius 3 is 2.69 bits per heavy atom. The molecule has 1 spiro atoms. The van der Waals surface area contributed by atoms with Gasteiger partial charge in [-0.2, -0.15) is 0 Å². The highest BCUT2D eigenvalue weighted by molar-refractivity contribution is 6.00. The molecule has 5 rings (SSSR count). The van der Waals surface area contributed by atoms with Crippen LogP contribution in [-0.2, 0) is 4.74 Å². The number of nitrogens with zero attached hydrogens (tertiary/aromatic N) is 4. The smallest absolute Gasteiger partial charge is 0.415 e. The molecule has 2 aliphatic rings. The van der Waals surface area contributed by atoms with Crippen molar-refractivity contribution in [1.29, 1.82) is 0 Å². The van der Waals surface area contributed by atoms with E-state index in [4.69, 9.17) is 9.47 Å². The standard InChI is InChI=1S/C22H21F2N5O3/c1-12-14(23)4-5-15(19(12)24)27-20-13-6-17(18(31-3)7-16(13)25-11-26-20)29-10-22(32-21(29)30)8-28(2)9-22/h4-7,11H,8-10H2,1-3H3,(H,25,26,27). The number of nitrogens with one attached hydrogen (secondary N) is 1. The third kappa shape index (κ3) is 3.18. The molecule has 0 aliphatic carbocycles. The number of aromatic nitrogens is 2. The Kier molecular flexibility index (Phi) is 4.63. The molecule has 10 heteroatoms. The van der Waals surface area contributed by atoms with E-state index in [0.29, 0.717) is 47.8 Å². The van der Waals surface area contributed by atoms with Crippen LogP contribution in [0.3, 0.4) is 0 Å². The molecule has 2 aliphatic heterocycles. The molecule has 3 aromatic rings. The second-order valence-electron chi connectivity index (χ2n) is 8.23. The Morgan fingerprint density at radius 2 is 1.97 bits per heavy atom. The summed E-state index contributed by atoms with van der Waals surface area (Å²) in [5.74, 6) is -0.567. The minimum absolute atomic E-state index is 0.0818. The molecular weight excluding hydrogens is 420 g/mol. The lowest BCUT2D eigenvalue weighted by Crippen LogP contribution is -2.62. The van der Waals surface area contributed by atoms with Crippen molar-refractivity contribution < 1.29 is 23.0 Å². The zero-order valence-electron chi connectivity index (χ0n) is 17.8. The monoisotopic (exact) mass is 441 g/mol. The number of ether oxygens (including phenoxy) is 2. The molecule has 2 saturated heterocycles. The van der Waals surface area contributed by atoms with E-state index in [1.54, 1.807) is 12.1 Å². The van der Waals surface area contributed by atoms with Gasteiger partial charge in [-0.25, -0.2) is 23.5 Å². The van der Waals surface area contributed by atoms with Crippen LogP contribution < -0.4 is 15.0 Å². The molecule has 32 heavy (non-hydrogen) atoms. The summed E-state index contributed by atoms with van der Waals surface area (Å²) >= 11 is 0. The average Bonchev–Trinajstić information content (AvgIpc) is 3.10. The molecule has 1 amide bonds. The van der Waals surface area contributed by atoms with Crippen LogP contribution in [-0.4, -0.2) is 60.4 Å². The molecule has 0 unspecified atom stereocenters. The van der Waals surface area contributed by atoms with Gasteiger partial charge in [-0.05, 0) is 32.2 Å². The lowest BCUT2D eigenvalue weighted by molar-refractivity contribution is -0.0599. The maximum absolute atomic E-state index is 14.6. The van der Waals surface area contributed by atoms with Crippen LogP contribution in [0.25, 0.3) is 10.9 Å². The molecule has 0 saturated carbocycles. The number of amides is 1. The maximum atomic E-state index is 14.6. The van der Waals surface area contributed by atoms with E-state index in [1.807, 2.05) is 7.05 Å². The van der Waals surface area contributed by atoms with E-state index in [2.05, 4.69) is 20.2 Å². The first-order valence-electron chi connectivity index (χ1n) is 10.0. The quantitative estimate of drug-likeness (QED) is 0.663. The Labute approximate surface area is 182 Å². The Morgan fingerprint density at radius 1 is 1.19 bits per heavy atom. The van der Waals surface area contributed by atoms with Crippen molar-refractivity contribution >= 4 is 34.2 Å². The van der Waals surface area contributed by atoms with Crippen molar-refractivity contribution in [2.75, 3.05) is 44.0 Å². The summed E-state index contributed by atoms with van der Waals surface area (Å²) in [6, 6.07) is 5.90. The van der Waals surface area contributed by atoms with E-state index in [9.17, 15) is 13.6 Å². The normalized spacial score (nSPS) is 17.5. The Hall–Kier alpha value is -3.53. The van der Waals surface area contributed by atoms with Gasteiger partial charge in [0.2, 0.25) is 0 Å². The summed E-state index contributed by atoms with van der Waals surface area (Å²) in [7, 11) is 3.47. The van der Waals surface area contributed by atoms with Gasteiger partial charge >= 0.3 is 6.09 Å². The number of fused-ring (bicyclic) bond motifs is 1. The fourth-order valence-electron chi connectivity index (χ4n) is 4.34. The number of anilines is 3. The van der Waals surface area contributed by atoms with Gasteiger partial charge in [0.15, 0.2) is 11.4 Å². The molecule has 8 nitrogen and oxygen atoms in total. The minimum atomic E-state index is -0.704. The molecule has 0 bridgehead atoms. The number of hydrogen-bond acceptors (Lipinski definition) is 7. The van der Waals surface area contributed by atoms with E-state index < -0.39 is 23.3 Å². The highest BCUT2D eigenvalue weighted by Gasteiger charge is 2.53. The van der Waals surface area contributed by atoms with Crippen molar-refractivity contribution in [3.8, 4) is 5.75 Å². The molecule has 3 heterocycles. The van der Waals surface area contributed by atoms with Gasteiger partial charge in [-0.3, -0.25) is 9.80 Å². The number of likely N-dealkylation sites (tertiary alicyclic amines) is 1. The molecule has 1 N–H and O–H groups in total. The van der Waals surface area contributed by atoms with E-state index in [-0.39, 0.29) is 11.3 Å². The predicted octanol–water partition coefficient (Wildman–Crippen LogP) is 3.61. The lowest BCUT2D eigenvalue weighted by Gasteiger charge is -2.43. The van der Waals surface area contributed by atoms with Crippen LogP contribution in [0.5, 0.6) is 5.75 Å². The number of halogens is 2. The van der Waals surface area contributed by atoms with Crippen LogP contribution in [0.4, 0.5) is 30.8 Å². The molecule has 166 valence electrons. The molecule has 2 fully saturated rings. The lowest BCUT2D eigenvalue weighted by atomic mass is 9.95. The van der Waals surface area contributed by atoms with Crippen LogP contribution in [0.15, 0.2) is 30.6 Å². The molecule has 2 aromatic carbocycles. The van der Waals surface area contributed by atoms with Crippen LogP contribution in [0, 0.1) is 18.6 Å². The minimum Gasteiger partial charge on any atom is -0.494 e. The highest BCUT2D eigenvalue weighted by Crippen LogP contribution is 2.41. The molecule has 0 atom stereocenters. The zero-order valence-corrected chi connectivity index (χ0v) is 17.8. The maximum Gasteiger partial charge on any atom is 0.415 e. The third-order valence-corrected chi connectivity index (χ3v) is 5.89. The average molecular weight is 441 g/mol. The van der Waals surface area contributed by atoms with E-state index in [1.165, 1.54) is 37.4 Å². The fraction of sp³-hybridized carbons (Fsp3) is 0.318. The number of likely N-dealkylation sites (N-methyl/N-ethyl adjacent to an activating group) is 1. The van der Waals surface area contributed by atoms with E-state index in [0.717, 1.165) is 0 Å². The van der Waals surface area contributed by atoms with Gasteiger partial charge in [0, 0.05) is 30.1 Å². The first-order valence-corrected chi connectivity index (χ1v) is 10.0. The Bertz CT molecular complexity index is 1250. The van der Waals surface area contributed by atoms with E-state index >= 15 is 0 Å². The van der Waals surface area contributed by atoms with Gasteiger partial charge in [-0.15, -0.1) is 0 Å². The van der Waals surface area contributed by atoms with Crippen molar-refractivity contribution in [3.63, 3.8) is 0 Å². The number of carbonyl (C=O) groups is 1. The van der Waals surface area contributed by atoms with Gasteiger partial charge in [-0.1, -0.05) is 0 Å². The Balaban J connectivity index is 1.57. The largest absolute Gasteiger partial charge is 0.494 e. The van der Waals surface area contributed by atoms with Crippen molar-refractivity contribution in [2.45, 2.75) is 12.5 Å².